The highest BCUT2D eigenvalue weighted by Gasteiger charge is 2.20. The molecule has 29 heavy (non-hydrogen) atoms. The Morgan fingerprint density at radius 3 is 2.00 bits per heavy atom. The van der Waals surface area contributed by atoms with Crippen molar-refractivity contribution in [2.45, 2.75) is 66.7 Å². The van der Waals surface area contributed by atoms with Gasteiger partial charge in [-0.1, -0.05) is 90.9 Å². The first-order valence-corrected chi connectivity index (χ1v) is 11.1. The molecule has 154 valence electrons. The summed E-state index contributed by atoms with van der Waals surface area (Å²) >= 11 is 0. The van der Waals surface area contributed by atoms with Crippen LogP contribution >= 0.6 is 0 Å². The van der Waals surface area contributed by atoms with Crippen molar-refractivity contribution >= 4 is 0 Å². The minimum Gasteiger partial charge on any atom is -0.299 e. The smallest absolute Gasteiger partial charge is 0.144 e. The van der Waals surface area contributed by atoms with Gasteiger partial charge in [0.15, 0.2) is 0 Å². The Labute approximate surface area is 177 Å². The van der Waals surface area contributed by atoms with Crippen molar-refractivity contribution < 1.29 is 0 Å². The molecule has 2 aromatic carbocycles. The predicted molar refractivity (Wildman–Crippen MR) is 125 cm³/mol. The third kappa shape index (κ3) is 4.47. The van der Waals surface area contributed by atoms with Crippen LogP contribution in [0.5, 0.6) is 0 Å². The lowest BCUT2D eigenvalue weighted by molar-refractivity contribution is 0.417. The minimum absolute atomic E-state index is 0.454. The number of imidazole rings is 1. The molecule has 2 heteroatoms. The van der Waals surface area contributed by atoms with Crippen molar-refractivity contribution in [3.05, 3.63) is 71.5 Å². The second-order valence-corrected chi connectivity index (χ2v) is 9.30. The number of nitrogens with zero attached hydrogens (tertiary/aromatic N) is 2. The molecule has 0 spiro atoms. The van der Waals surface area contributed by atoms with Crippen LogP contribution in [0.15, 0.2) is 54.9 Å². The Morgan fingerprint density at radius 1 is 0.793 bits per heavy atom. The molecule has 0 saturated carbocycles. The average Bonchev–Trinajstić information content (AvgIpc) is 3.16. The van der Waals surface area contributed by atoms with E-state index in [-0.39, 0.29) is 0 Å². The molecule has 1 heterocycles. The summed E-state index contributed by atoms with van der Waals surface area (Å²) in [6.45, 7) is 16.1. The van der Waals surface area contributed by atoms with Crippen LogP contribution in [0.3, 0.4) is 0 Å². The second kappa shape index (κ2) is 8.98. The number of aromatic nitrogens is 2. The molecular formula is C27H36N2. The summed E-state index contributed by atoms with van der Waals surface area (Å²) in [6.07, 6.45) is 5.15. The summed E-state index contributed by atoms with van der Waals surface area (Å²) in [5, 5.41) is 0. The maximum absolute atomic E-state index is 4.84. The van der Waals surface area contributed by atoms with Crippen LogP contribution in [0.2, 0.25) is 0 Å². The third-order valence-electron chi connectivity index (χ3n) is 6.16. The van der Waals surface area contributed by atoms with Gasteiger partial charge in [-0.2, -0.15) is 0 Å². The minimum atomic E-state index is 0.454. The molecule has 2 nitrogen and oxygen atoms in total. The molecule has 3 aromatic rings. The summed E-state index contributed by atoms with van der Waals surface area (Å²) in [6, 6.07) is 15.5. The fourth-order valence-electron chi connectivity index (χ4n) is 3.97. The van der Waals surface area contributed by atoms with E-state index in [1.807, 2.05) is 6.20 Å². The van der Waals surface area contributed by atoms with Crippen LogP contribution < -0.4 is 0 Å². The predicted octanol–water partition coefficient (Wildman–Crippen LogP) is 7.62. The molecule has 0 fully saturated rings. The van der Waals surface area contributed by atoms with Gasteiger partial charge in [-0.3, -0.25) is 4.57 Å². The molecule has 0 unspecified atom stereocenters. The van der Waals surface area contributed by atoms with Gasteiger partial charge in [0.2, 0.25) is 0 Å². The van der Waals surface area contributed by atoms with Crippen molar-refractivity contribution in [2.24, 2.45) is 11.8 Å². The van der Waals surface area contributed by atoms with E-state index >= 15 is 0 Å². The topological polar surface area (TPSA) is 17.8 Å². The molecular weight excluding hydrogens is 352 g/mol. The summed E-state index contributed by atoms with van der Waals surface area (Å²) in [4.78, 5) is 4.84. The third-order valence-corrected chi connectivity index (χ3v) is 6.16. The van der Waals surface area contributed by atoms with Crippen LogP contribution in [0.1, 0.15) is 77.0 Å². The summed E-state index contributed by atoms with van der Waals surface area (Å²) in [7, 11) is 0. The Bertz CT molecular complexity index is 920. The quantitative estimate of drug-likeness (QED) is 0.407. The van der Waals surface area contributed by atoms with Crippen molar-refractivity contribution in [1.82, 2.24) is 9.55 Å². The first-order chi connectivity index (χ1) is 13.8. The number of hydrogen-bond acceptors (Lipinski definition) is 1. The van der Waals surface area contributed by atoms with Gasteiger partial charge >= 0.3 is 0 Å². The lowest BCUT2D eigenvalue weighted by Gasteiger charge is -2.23. The average molecular weight is 389 g/mol. The van der Waals surface area contributed by atoms with Crippen molar-refractivity contribution in [3.63, 3.8) is 0 Å². The van der Waals surface area contributed by atoms with Crippen LogP contribution in [0.4, 0.5) is 0 Å². The maximum atomic E-state index is 4.84. The Kier molecular flexibility index (Phi) is 6.62. The van der Waals surface area contributed by atoms with Crippen LogP contribution in [-0.4, -0.2) is 9.55 Å². The summed E-state index contributed by atoms with van der Waals surface area (Å²) in [5.74, 6) is 3.25. The largest absolute Gasteiger partial charge is 0.299 e. The second-order valence-electron chi connectivity index (χ2n) is 9.30. The van der Waals surface area contributed by atoms with Gasteiger partial charge < -0.3 is 0 Å². The number of rotatable bonds is 7. The molecule has 0 radical (unpaired) electrons. The van der Waals surface area contributed by atoms with E-state index in [0.29, 0.717) is 23.7 Å². The normalized spacial score (nSPS) is 12.9. The monoisotopic (exact) mass is 388 g/mol. The highest BCUT2D eigenvalue weighted by atomic mass is 15.1. The molecule has 0 aliphatic rings. The van der Waals surface area contributed by atoms with Crippen LogP contribution in [0, 0.1) is 11.8 Å². The highest BCUT2D eigenvalue weighted by Crippen LogP contribution is 2.35. The Balaban J connectivity index is 2.19. The summed E-state index contributed by atoms with van der Waals surface area (Å²) < 4.78 is 2.32. The molecule has 3 rings (SSSR count). The standard InChI is InChI=1S/C27H36N2/c1-18(2)21(7)17-22-11-8-9-12-25(22)27-28-15-16-29(27)26-23(19(3)4)13-10-14-24(26)20(5)6/h8-16,18-21H,17H2,1-7H3/t21-/m1/s1. The van der Waals surface area contributed by atoms with Gasteiger partial charge in [-0.05, 0) is 46.8 Å². The molecule has 1 atom stereocenters. The molecule has 0 amide bonds. The van der Waals surface area contributed by atoms with Crippen LogP contribution in [-0.2, 0) is 6.42 Å². The van der Waals surface area contributed by atoms with Gasteiger partial charge in [-0.25, -0.2) is 4.98 Å². The Morgan fingerprint density at radius 2 is 1.41 bits per heavy atom. The first-order valence-electron chi connectivity index (χ1n) is 11.1. The fourth-order valence-corrected chi connectivity index (χ4v) is 3.97. The molecule has 1 aromatic heterocycles. The first kappa shape index (κ1) is 21.4. The maximum Gasteiger partial charge on any atom is 0.144 e. The molecule has 0 bridgehead atoms. The molecule has 0 saturated heterocycles. The zero-order valence-electron chi connectivity index (χ0n) is 19.1. The lowest BCUT2D eigenvalue weighted by Crippen LogP contribution is -2.10. The van der Waals surface area contributed by atoms with E-state index in [1.165, 1.54) is 27.9 Å². The summed E-state index contributed by atoms with van der Waals surface area (Å²) in [5.41, 5.74) is 6.69. The van der Waals surface area contributed by atoms with E-state index in [0.717, 1.165) is 12.2 Å². The number of benzene rings is 2. The van der Waals surface area contributed by atoms with Crippen molar-refractivity contribution in [1.29, 1.82) is 0 Å². The van der Waals surface area contributed by atoms with Gasteiger partial charge in [0, 0.05) is 18.0 Å². The lowest BCUT2D eigenvalue weighted by atomic mass is 9.88. The molecule has 0 N–H and O–H groups in total. The zero-order valence-corrected chi connectivity index (χ0v) is 19.1. The number of para-hydroxylation sites is 1. The highest BCUT2D eigenvalue weighted by molar-refractivity contribution is 5.65. The van der Waals surface area contributed by atoms with E-state index in [1.54, 1.807) is 0 Å². The molecule has 0 aliphatic carbocycles. The van der Waals surface area contributed by atoms with Gasteiger partial charge in [0.1, 0.15) is 5.82 Å². The SMILES string of the molecule is CC(C)c1cccc(C(C)C)c1-n1ccnc1-c1ccccc1C[C@@H](C)C(C)C. The fraction of sp³-hybridized carbons (Fsp3) is 0.444. The molecule has 0 aliphatic heterocycles. The number of hydrogen-bond donors (Lipinski definition) is 0. The van der Waals surface area contributed by atoms with Crippen molar-refractivity contribution in [3.8, 4) is 17.1 Å². The van der Waals surface area contributed by atoms with E-state index in [4.69, 9.17) is 4.98 Å². The van der Waals surface area contributed by atoms with Crippen LogP contribution in [0.25, 0.3) is 17.1 Å². The van der Waals surface area contributed by atoms with Gasteiger partial charge in [0.25, 0.3) is 0 Å². The van der Waals surface area contributed by atoms with Crippen molar-refractivity contribution in [2.75, 3.05) is 0 Å². The zero-order chi connectivity index (χ0) is 21.1. The Hall–Kier alpha value is -2.35. The van der Waals surface area contributed by atoms with Gasteiger partial charge in [-0.15, -0.1) is 0 Å². The van der Waals surface area contributed by atoms with E-state index < -0.39 is 0 Å². The van der Waals surface area contributed by atoms with E-state index in [9.17, 15) is 0 Å². The van der Waals surface area contributed by atoms with Gasteiger partial charge in [0.05, 0.1) is 5.69 Å². The van der Waals surface area contributed by atoms with E-state index in [2.05, 4.69) is 102 Å².